The Kier molecular flexibility index (Phi) is 5.51. The van der Waals surface area contributed by atoms with Crippen molar-refractivity contribution in [2.45, 2.75) is 32.4 Å². The van der Waals surface area contributed by atoms with E-state index < -0.39 is 5.60 Å². The lowest BCUT2D eigenvalue weighted by Gasteiger charge is -2.29. The Morgan fingerprint density at radius 3 is 2.50 bits per heavy atom. The van der Waals surface area contributed by atoms with Gasteiger partial charge in [-0.05, 0) is 37.6 Å². The maximum absolute atomic E-state index is 12.8. The van der Waals surface area contributed by atoms with Gasteiger partial charge in [-0.3, -0.25) is 4.90 Å². The summed E-state index contributed by atoms with van der Waals surface area (Å²) in [7, 11) is 0. The van der Waals surface area contributed by atoms with Gasteiger partial charge in [0.1, 0.15) is 5.82 Å². The highest BCUT2D eigenvalue weighted by Crippen LogP contribution is 2.12. The zero-order valence-corrected chi connectivity index (χ0v) is 11.2. The molecule has 0 aliphatic heterocycles. The molecule has 0 aromatic heterocycles. The van der Waals surface area contributed by atoms with Gasteiger partial charge in [-0.25, -0.2) is 4.39 Å². The number of halogens is 1. The van der Waals surface area contributed by atoms with E-state index in [4.69, 9.17) is 0 Å². The van der Waals surface area contributed by atoms with Gasteiger partial charge >= 0.3 is 0 Å². The van der Waals surface area contributed by atoms with Crippen molar-refractivity contribution >= 4 is 0 Å². The van der Waals surface area contributed by atoms with Crippen LogP contribution >= 0.6 is 0 Å². The van der Waals surface area contributed by atoms with Gasteiger partial charge < -0.3 is 5.11 Å². The molecule has 3 heteroatoms. The van der Waals surface area contributed by atoms with E-state index in [1.165, 1.54) is 12.1 Å². The summed E-state index contributed by atoms with van der Waals surface area (Å²) in [5, 5.41) is 10.0. The quantitative estimate of drug-likeness (QED) is 0.753. The van der Waals surface area contributed by atoms with Crippen molar-refractivity contribution in [1.29, 1.82) is 0 Å². The number of benzene rings is 1. The van der Waals surface area contributed by atoms with E-state index >= 15 is 0 Å². The number of hydrogen-bond acceptors (Lipinski definition) is 2. The van der Waals surface area contributed by atoms with Gasteiger partial charge in [0, 0.05) is 13.1 Å². The van der Waals surface area contributed by atoms with Crippen LogP contribution in [0.3, 0.4) is 0 Å². The largest absolute Gasteiger partial charge is 0.385 e. The Morgan fingerprint density at radius 1 is 1.39 bits per heavy atom. The summed E-state index contributed by atoms with van der Waals surface area (Å²) < 4.78 is 12.8. The number of rotatable bonds is 7. The fourth-order valence-corrected chi connectivity index (χ4v) is 1.90. The van der Waals surface area contributed by atoms with E-state index in [0.717, 1.165) is 18.5 Å². The minimum atomic E-state index is -0.894. The van der Waals surface area contributed by atoms with Gasteiger partial charge in [-0.15, -0.1) is 6.58 Å². The molecular formula is C15H22FNO. The van der Waals surface area contributed by atoms with E-state index in [1.807, 2.05) is 0 Å². The summed E-state index contributed by atoms with van der Waals surface area (Å²) in [6.45, 7) is 9.60. The predicted octanol–water partition coefficient (Wildman–Crippen LogP) is 2.97. The van der Waals surface area contributed by atoms with Crippen molar-refractivity contribution < 1.29 is 9.50 Å². The molecule has 0 bridgehead atoms. The third-order valence-corrected chi connectivity index (χ3v) is 2.84. The minimum absolute atomic E-state index is 0.223. The Balaban J connectivity index is 2.68. The first-order valence-corrected chi connectivity index (χ1v) is 6.29. The van der Waals surface area contributed by atoms with Crippen LogP contribution in [0.5, 0.6) is 0 Å². The first-order valence-electron chi connectivity index (χ1n) is 6.29. The number of nitrogens with zero attached hydrogens (tertiary/aromatic N) is 1. The fraction of sp³-hybridized carbons (Fsp3) is 0.467. The molecule has 1 aromatic rings. The Labute approximate surface area is 109 Å². The summed E-state index contributed by atoms with van der Waals surface area (Å²) >= 11 is 0. The second kappa shape index (κ2) is 6.66. The first-order chi connectivity index (χ1) is 8.46. The summed E-state index contributed by atoms with van der Waals surface area (Å²) in [6, 6.07) is 6.48. The lowest BCUT2D eigenvalue weighted by Crippen LogP contribution is -2.39. The molecule has 0 aliphatic rings. The van der Waals surface area contributed by atoms with Crippen molar-refractivity contribution in [2.24, 2.45) is 0 Å². The van der Waals surface area contributed by atoms with Crippen molar-refractivity contribution in [2.75, 3.05) is 13.1 Å². The molecule has 1 unspecified atom stereocenters. The lowest BCUT2D eigenvalue weighted by molar-refractivity contribution is 0.0588. The second-order valence-electron chi connectivity index (χ2n) is 4.90. The van der Waals surface area contributed by atoms with Gasteiger partial charge in [0.15, 0.2) is 0 Å². The summed E-state index contributed by atoms with van der Waals surface area (Å²) in [5.74, 6) is -0.223. The van der Waals surface area contributed by atoms with E-state index in [9.17, 15) is 9.50 Å². The van der Waals surface area contributed by atoms with E-state index in [0.29, 0.717) is 13.1 Å². The molecule has 2 nitrogen and oxygen atoms in total. The van der Waals surface area contributed by atoms with Crippen molar-refractivity contribution in [3.05, 3.63) is 48.3 Å². The molecule has 0 fully saturated rings. The van der Waals surface area contributed by atoms with Gasteiger partial charge in [0.2, 0.25) is 0 Å². The van der Waals surface area contributed by atoms with Crippen molar-refractivity contribution in [1.82, 2.24) is 4.90 Å². The van der Waals surface area contributed by atoms with Crippen LogP contribution in [0.2, 0.25) is 0 Å². The molecule has 0 spiro atoms. The summed E-state index contributed by atoms with van der Waals surface area (Å²) in [4.78, 5) is 2.15. The Hall–Kier alpha value is -1.19. The molecule has 1 atom stereocenters. The molecular weight excluding hydrogens is 229 g/mol. The zero-order chi connectivity index (χ0) is 13.6. The normalized spacial score (nSPS) is 14.5. The maximum atomic E-state index is 12.8. The third kappa shape index (κ3) is 4.98. The average Bonchev–Trinajstić information content (AvgIpc) is 2.32. The minimum Gasteiger partial charge on any atom is -0.385 e. The molecule has 0 saturated carbocycles. The molecule has 0 amide bonds. The monoisotopic (exact) mass is 251 g/mol. The smallest absolute Gasteiger partial charge is 0.123 e. The van der Waals surface area contributed by atoms with E-state index in [1.54, 1.807) is 25.1 Å². The number of aliphatic hydroxyl groups is 1. The van der Waals surface area contributed by atoms with Crippen LogP contribution in [-0.4, -0.2) is 28.7 Å². The van der Waals surface area contributed by atoms with Crippen LogP contribution < -0.4 is 0 Å². The Bertz CT molecular complexity index is 373. The molecule has 1 rings (SSSR count). The van der Waals surface area contributed by atoms with E-state index in [2.05, 4.69) is 18.4 Å². The van der Waals surface area contributed by atoms with Gasteiger partial charge in [0.25, 0.3) is 0 Å². The van der Waals surface area contributed by atoms with Gasteiger partial charge in [0.05, 0.1) is 5.60 Å². The predicted molar refractivity (Wildman–Crippen MR) is 72.8 cm³/mol. The number of hydrogen-bond donors (Lipinski definition) is 1. The van der Waals surface area contributed by atoms with Crippen LogP contribution in [0.25, 0.3) is 0 Å². The lowest BCUT2D eigenvalue weighted by atomic mass is 10.1. The molecule has 0 saturated heterocycles. The molecule has 0 heterocycles. The highest BCUT2D eigenvalue weighted by atomic mass is 19.1. The summed E-state index contributed by atoms with van der Waals surface area (Å²) in [6.07, 6.45) is 2.56. The zero-order valence-electron chi connectivity index (χ0n) is 11.2. The average molecular weight is 251 g/mol. The molecule has 100 valence electrons. The van der Waals surface area contributed by atoms with Crippen LogP contribution in [0, 0.1) is 5.82 Å². The SMILES string of the molecule is C=CC(C)(O)CN(CCC)Cc1ccc(F)cc1. The van der Waals surface area contributed by atoms with Crippen LogP contribution in [-0.2, 0) is 6.54 Å². The molecule has 0 radical (unpaired) electrons. The third-order valence-electron chi connectivity index (χ3n) is 2.84. The van der Waals surface area contributed by atoms with Crippen molar-refractivity contribution in [3.8, 4) is 0 Å². The van der Waals surface area contributed by atoms with Crippen LogP contribution in [0.15, 0.2) is 36.9 Å². The highest BCUT2D eigenvalue weighted by molar-refractivity contribution is 5.16. The first kappa shape index (κ1) is 14.9. The molecule has 1 aromatic carbocycles. The fourth-order valence-electron chi connectivity index (χ4n) is 1.90. The highest BCUT2D eigenvalue weighted by Gasteiger charge is 2.19. The van der Waals surface area contributed by atoms with Crippen LogP contribution in [0.1, 0.15) is 25.8 Å². The maximum Gasteiger partial charge on any atom is 0.123 e. The second-order valence-corrected chi connectivity index (χ2v) is 4.90. The van der Waals surface area contributed by atoms with Crippen molar-refractivity contribution in [3.63, 3.8) is 0 Å². The molecule has 18 heavy (non-hydrogen) atoms. The summed E-state index contributed by atoms with van der Waals surface area (Å²) in [5.41, 5.74) is 0.152. The van der Waals surface area contributed by atoms with E-state index in [-0.39, 0.29) is 5.82 Å². The van der Waals surface area contributed by atoms with Gasteiger partial charge in [-0.2, -0.15) is 0 Å². The van der Waals surface area contributed by atoms with Crippen LogP contribution in [0.4, 0.5) is 4.39 Å². The Morgan fingerprint density at radius 2 is 2.00 bits per heavy atom. The topological polar surface area (TPSA) is 23.5 Å². The molecule has 0 aliphatic carbocycles. The molecule has 1 N–H and O–H groups in total. The standard InChI is InChI=1S/C15H22FNO/c1-4-10-17(12-15(3,18)5-2)11-13-6-8-14(16)9-7-13/h5-9,18H,2,4,10-12H2,1,3H3. The van der Waals surface area contributed by atoms with Gasteiger partial charge in [-0.1, -0.05) is 25.1 Å².